The fourth-order valence-electron chi connectivity index (χ4n) is 3.75. The highest BCUT2D eigenvalue weighted by Gasteiger charge is 2.45. The molecular formula is C23H33NO5. The summed E-state index contributed by atoms with van der Waals surface area (Å²) in [5.74, 6) is -0.234. The molecule has 2 heterocycles. The lowest BCUT2D eigenvalue weighted by molar-refractivity contribution is -0.274. The van der Waals surface area contributed by atoms with E-state index in [0.717, 1.165) is 17.4 Å². The van der Waals surface area contributed by atoms with Gasteiger partial charge in [0.1, 0.15) is 16.9 Å². The van der Waals surface area contributed by atoms with Crippen LogP contribution < -0.4 is 5.32 Å². The zero-order valence-corrected chi connectivity index (χ0v) is 17.8. The van der Waals surface area contributed by atoms with Gasteiger partial charge < -0.3 is 24.3 Å². The van der Waals surface area contributed by atoms with Crippen molar-refractivity contribution in [2.75, 3.05) is 13.2 Å². The van der Waals surface area contributed by atoms with E-state index in [1.807, 2.05) is 26.0 Å². The summed E-state index contributed by atoms with van der Waals surface area (Å²) in [6, 6.07) is 8.10. The molecule has 1 aliphatic rings. The molecule has 2 N–H and O–H groups in total. The molecule has 6 nitrogen and oxygen atoms in total. The van der Waals surface area contributed by atoms with Crippen LogP contribution in [0, 0.1) is 0 Å². The summed E-state index contributed by atoms with van der Waals surface area (Å²) < 4.78 is 17.5. The van der Waals surface area contributed by atoms with Crippen LogP contribution in [0.2, 0.25) is 0 Å². The van der Waals surface area contributed by atoms with Gasteiger partial charge in [-0.2, -0.15) is 0 Å². The van der Waals surface area contributed by atoms with Gasteiger partial charge in [0.05, 0.1) is 13.2 Å². The minimum Gasteiger partial charge on any atom is -0.465 e. The van der Waals surface area contributed by atoms with Gasteiger partial charge in [0.15, 0.2) is 5.79 Å². The summed E-state index contributed by atoms with van der Waals surface area (Å²) in [4.78, 5) is 11.4. The Hall–Kier alpha value is -2.05. The van der Waals surface area contributed by atoms with Gasteiger partial charge in [0.25, 0.3) is 0 Å². The van der Waals surface area contributed by atoms with Crippen molar-refractivity contribution in [2.24, 2.45) is 0 Å². The van der Waals surface area contributed by atoms with Gasteiger partial charge in [-0.15, -0.1) is 0 Å². The summed E-state index contributed by atoms with van der Waals surface area (Å²) in [6.45, 7) is 6.15. The Morgan fingerprint density at radius 2 is 1.76 bits per heavy atom. The van der Waals surface area contributed by atoms with Crippen LogP contribution in [-0.2, 0) is 21.4 Å². The molecule has 1 aromatic heterocycles. The maximum absolute atomic E-state index is 11.4. The third-order valence-electron chi connectivity index (χ3n) is 5.55. The molecule has 3 rings (SSSR count). The second-order valence-electron chi connectivity index (χ2n) is 8.49. The Morgan fingerprint density at radius 3 is 2.45 bits per heavy atom. The van der Waals surface area contributed by atoms with E-state index in [1.165, 1.54) is 44.1 Å². The number of aryl methyl sites for hydroxylation is 1. The predicted octanol–water partition coefficient (Wildman–Crippen LogP) is 5.58. The first-order valence-corrected chi connectivity index (χ1v) is 10.7. The monoisotopic (exact) mass is 403 g/mol. The minimum absolute atomic E-state index is 0.150. The second kappa shape index (κ2) is 9.18. The van der Waals surface area contributed by atoms with Gasteiger partial charge in [0, 0.05) is 5.39 Å². The summed E-state index contributed by atoms with van der Waals surface area (Å²) in [7, 11) is 0. The number of rotatable bonds is 9. The highest BCUT2D eigenvalue weighted by atomic mass is 16.7. The molecule has 0 saturated carbocycles. The van der Waals surface area contributed by atoms with Crippen LogP contribution >= 0.6 is 0 Å². The zero-order chi connectivity index (χ0) is 20.9. The molecule has 29 heavy (non-hydrogen) atoms. The van der Waals surface area contributed by atoms with Crippen molar-refractivity contribution < 1.29 is 23.8 Å². The molecular weight excluding hydrogens is 370 g/mol. The number of hydrogen-bond acceptors (Lipinski definition) is 4. The summed E-state index contributed by atoms with van der Waals surface area (Å²) in [5, 5.41) is 12.9. The Bertz CT molecular complexity index is 816. The molecule has 1 fully saturated rings. The van der Waals surface area contributed by atoms with Gasteiger partial charge in [-0.05, 0) is 50.5 Å². The number of amides is 1. The first-order chi connectivity index (χ1) is 13.8. The Morgan fingerprint density at radius 1 is 1.07 bits per heavy atom. The van der Waals surface area contributed by atoms with E-state index in [-0.39, 0.29) is 13.2 Å². The van der Waals surface area contributed by atoms with E-state index < -0.39 is 17.4 Å². The molecule has 0 aliphatic carbocycles. The number of ether oxygens (including phenoxy) is 2. The molecule has 1 aromatic carbocycles. The van der Waals surface area contributed by atoms with Crippen LogP contribution in [0.25, 0.3) is 11.0 Å². The van der Waals surface area contributed by atoms with Crippen molar-refractivity contribution in [3.05, 3.63) is 35.6 Å². The molecule has 6 heteroatoms. The number of carbonyl (C=O) groups is 1. The standard InChI is InChI=1S/C23H33NO5/c1-4-5-6-7-8-9-10-17-11-12-19-18(13-17)14-20(29-19)23(24-21(25)26)15-27-22(2,3)28-16-23/h11-14,24H,4-10,15-16H2,1-3H3,(H,25,26). The highest BCUT2D eigenvalue weighted by molar-refractivity contribution is 5.79. The van der Waals surface area contributed by atoms with Crippen LogP contribution in [0.4, 0.5) is 4.79 Å². The minimum atomic E-state index is -1.14. The van der Waals surface area contributed by atoms with Crippen molar-refractivity contribution in [3.8, 4) is 0 Å². The number of unbranched alkanes of at least 4 members (excludes halogenated alkanes) is 5. The van der Waals surface area contributed by atoms with Gasteiger partial charge in [0.2, 0.25) is 0 Å². The van der Waals surface area contributed by atoms with Crippen molar-refractivity contribution in [1.82, 2.24) is 5.32 Å². The van der Waals surface area contributed by atoms with Crippen molar-refractivity contribution >= 4 is 17.1 Å². The maximum atomic E-state index is 11.4. The molecule has 0 spiro atoms. The summed E-state index contributed by atoms with van der Waals surface area (Å²) in [6.07, 6.45) is 7.55. The third-order valence-corrected chi connectivity index (χ3v) is 5.55. The topological polar surface area (TPSA) is 80.9 Å². The third kappa shape index (κ3) is 5.52. The average Bonchev–Trinajstić information content (AvgIpc) is 3.10. The number of furan rings is 1. The summed E-state index contributed by atoms with van der Waals surface area (Å²) in [5.41, 5.74) is 0.959. The zero-order valence-electron chi connectivity index (χ0n) is 17.8. The van der Waals surface area contributed by atoms with Gasteiger partial charge >= 0.3 is 6.09 Å². The molecule has 0 radical (unpaired) electrons. The highest BCUT2D eigenvalue weighted by Crippen LogP contribution is 2.35. The lowest BCUT2D eigenvalue weighted by Gasteiger charge is -2.41. The van der Waals surface area contributed by atoms with Crippen LogP contribution in [-0.4, -0.2) is 30.2 Å². The van der Waals surface area contributed by atoms with Crippen LogP contribution in [0.15, 0.2) is 28.7 Å². The van der Waals surface area contributed by atoms with Crippen LogP contribution in [0.1, 0.15) is 70.6 Å². The Balaban J connectivity index is 1.72. The first kappa shape index (κ1) is 21.7. The average molecular weight is 404 g/mol. The largest absolute Gasteiger partial charge is 0.465 e. The molecule has 0 bridgehead atoms. The Labute approximate surface area is 172 Å². The van der Waals surface area contributed by atoms with Crippen LogP contribution in [0.5, 0.6) is 0 Å². The smallest absolute Gasteiger partial charge is 0.405 e. The molecule has 1 aliphatic heterocycles. The van der Waals surface area contributed by atoms with Crippen molar-refractivity contribution in [2.45, 2.75) is 77.0 Å². The molecule has 1 amide bonds. The number of hydrogen-bond donors (Lipinski definition) is 2. The quantitative estimate of drug-likeness (QED) is 0.534. The van der Waals surface area contributed by atoms with E-state index >= 15 is 0 Å². The molecule has 1 saturated heterocycles. The Kier molecular flexibility index (Phi) is 6.85. The van der Waals surface area contributed by atoms with Gasteiger partial charge in [-0.25, -0.2) is 4.79 Å². The molecule has 0 atom stereocenters. The van der Waals surface area contributed by atoms with Gasteiger partial charge in [-0.1, -0.05) is 45.1 Å². The predicted molar refractivity (Wildman–Crippen MR) is 112 cm³/mol. The first-order valence-electron chi connectivity index (χ1n) is 10.7. The normalized spacial score (nSPS) is 18.0. The molecule has 160 valence electrons. The number of nitrogens with one attached hydrogen (secondary N) is 1. The van der Waals surface area contributed by atoms with Crippen molar-refractivity contribution in [1.29, 1.82) is 0 Å². The number of fused-ring (bicyclic) bond motifs is 1. The van der Waals surface area contributed by atoms with E-state index in [4.69, 9.17) is 13.9 Å². The van der Waals surface area contributed by atoms with Gasteiger partial charge in [-0.3, -0.25) is 0 Å². The number of benzene rings is 1. The second-order valence-corrected chi connectivity index (χ2v) is 8.49. The summed E-state index contributed by atoms with van der Waals surface area (Å²) >= 11 is 0. The van der Waals surface area contributed by atoms with E-state index in [2.05, 4.69) is 24.4 Å². The van der Waals surface area contributed by atoms with E-state index in [1.54, 1.807) is 0 Å². The fraction of sp³-hybridized carbons (Fsp3) is 0.609. The lowest BCUT2D eigenvalue weighted by Crippen LogP contribution is -2.58. The molecule has 2 aromatic rings. The SMILES string of the molecule is CCCCCCCCc1ccc2oc(C3(NC(=O)O)COC(C)(C)OC3)cc2c1. The van der Waals surface area contributed by atoms with E-state index in [0.29, 0.717) is 5.76 Å². The number of carboxylic acid groups (broad SMARTS) is 1. The molecule has 0 unspecified atom stereocenters. The van der Waals surface area contributed by atoms with E-state index in [9.17, 15) is 9.90 Å². The fourth-order valence-corrected chi connectivity index (χ4v) is 3.75. The van der Waals surface area contributed by atoms with Crippen molar-refractivity contribution in [3.63, 3.8) is 0 Å². The lowest BCUT2D eigenvalue weighted by atomic mass is 9.96. The van der Waals surface area contributed by atoms with Crippen LogP contribution in [0.3, 0.4) is 0 Å². The maximum Gasteiger partial charge on any atom is 0.405 e.